The summed E-state index contributed by atoms with van der Waals surface area (Å²) in [5.74, 6) is 1.86. The van der Waals surface area contributed by atoms with Crippen LogP contribution in [0, 0.1) is 17.3 Å². The zero-order valence-corrected chi connectivity index (χ0v) is 15.5. The summed E-state index contributed by atoms with van der Waals surface area (Å²) in [6, 6.07) is 0.801. The Morgan fingerprint density at radius 2 is 1.62 bits per heavy atom. The van der Waals surface area contributed by atoms with Crippen LogP contribution in [0.2, 0.25) is 0 Å². The molecule has 1 N–H and O–H groups in total. The fourth-order valence-corrected chi connectivity index (χ4v) is 3.98. The molecule has 0 heterocycles. The van der Waals surface area contributed by atoms with E-state index in [1.165, 1.54) is 70.8 Å². The van der Waals surface area contributed by atoms with Gasteiger partial charge in [0.25, 0.3) is 0 Å². The SMILES string of the molecule is CCCCCCCC1CC(C(C)(C)C)CCC1NCCC. The van der Waals surface area contributed by atoms with Crippen molar-refractivity contribution in [3.63, 3.8) is 0 Å². The van der Waals surface area contributed by atoms with Crippen molar-refractivity contribution in [2.45, 2.75) is 105 Å². The molecule has 0 saturated heterocycles. The third-order valence-corrected chi connectivity index (χ3v) is 5.54. The molecule has 3 atom stereocenters. The Morgan fingerprint density at radius 3 is 2.24 bits per heavy atom. The van der Waals surface area contributed by atoms with Crippen LogP contribution in [0.5, 0.6) is 0 Å². The monoisotopic (exact) mass is 295 g/mol. The highest BCUT2D eigenvalue weighted by atomic mass is 14.9. The summed E-state index contributed by atoms with van der Waals surface area (Å²) in [6.07, 6.45) is 14.1. The van der Waals surface area contributed by atoms with E-state index in [-0.39, 0.29) is 0 Å². The van der Waals surface area contributed by atoms with Crippen molar-refractivity contribution in [3.05, 3.63) is 0 Å². The summed E-state index contributed by atoms with van der Waals surface area (Å²) < 4.78 is 0. The number of unbranched alkanes of at least 4 members (excludes halogenated alkanes) is 4. The normalized spacial score (nSPS) is 27.0. The molecule has 1 aliphatic rings. The van der Waals surface area contributed by atoms with Gasteiger partial charge in [0.1, 0.15) is 0 Å². The first kappa shape index (κ1) is 19.0. The van der Waals surface area contributed by atoms with Crippen molar-refractivity contribution in [2.75, 3.05) is 6.54 Å². The van der Waals surface area contributed by atoms with E-state index < -0.39 is 0 Å². The third kappa shape index (κ3) is 7.17. The van der Waals surface area contributed by atoms with E-state index in [1.807, 2.05) is 0 Å². The predicted molar refractivity (Wildman–Crippen MR) is 95.7 cm³/mol. The van der Waals surface area contributed by atoms with Crippen molar-refractivity contribution in [1.29, 1.82) is 0 Å². The summed E-state index contributed by atoms with van der Waals surface area (Å²) in [5, 5.41) is 3.85. The van der Waals surface area contributed by atoms with Gasteiger partial charge in [-0.3, -0.25) is 0 Å². The highest BCUT2D eigenvalue weighted by molar-refractivity contribution is 4.88. The molecule has 1 fully saturated rings. The van der Waals surface area contributed by atoms with Crippen LogP contribution in [0.4, 0.5) is 0 Å². The first-order chi connectivity index (χ1) is 9.99. The lowest BCUT2D eigenvalue weighted by Gasteiger charge is -2.42. The van der Waals surface area contributed by atoms with E-state index in [0.717, 1.165) is 17.9 Å². The number of rotatable bonds is 9. The average molecular weight is 296 g/mol. The summed E-state index contributed by atoms with van der Waals surface area (Å²) in [4.78, 5) is 0. The first-order valence-electron chi connectivity index (χ1n) is 9.72. The standard InChI is InChI=1S/C20H41N/c1-6-8-9-10-11-12-17-16-18(20(3,4)5)13-14-19(17)21-15-7-2/h17-19,21H,6-16H2,1-5H3. The van der Waals surface area contributed by atoms with Crippen LogP contribution in [-0.4, -0.2) is 12.6 Å². The second-order valence-corrected chi connectivity index (χ2v) is 8.40. The summed E-state index contributed by atoms with van der Waals surface area (Å²) in [7, 11) is 0. The minimum absolute atomic E-state index is 0.496. The molecule has 1 heteroatoms. The van der Waals surface area contributed by atoms with E-state index in [2.05, 4.69) is 39.9 Å². The van der Waals surface area contributed by atoms with E-state index in [1.54, 1.807) is 0 Å². The maximum Gasteiger partial charge on any atom is 0.00955 e. The Bertz CT molecular complexity index is 253. The number of nitrogens with one attached hydrogen (secondary N) is 1. The maximum absolute atomic E-state index is 3.85. The van der Waals surface area contributed by atoms with Gasteiger partial charge < -0.3 is 5.32 Å². The fraction of sp³-hybridized carbons (Fsp3) is 1.00. The number of hydrogen-bond acceptors (Lipinski definition) is 1. The van der Waals surface area contributed by atoms with Crippen molar-refractivity contribution < 1.29 is 0 Å². The van der Waals surface area contributed by atoms with Crippen molar-refractivity contribution in [2.24, 2.45) is 17.3 Å². The van der Waals surface area contributed by atoms with Gasteiger partial charge in [0.15, 0.2) is 0 Å². The Kier molecular flexibility index (Phi) is 8.94. The van der Waals surface area contributed by atoms with Crippen LogP contribution in [0.25, 0.3) is 0 Å². The molecule has 21 heavy (non-hydrogen) atoms. The van der Waals surface area contributed by atoms with Gasteiger partial charge in [0.2, 0.25) is 0 Å². The predicted octanol–water partition coefficient (Wildman–Crippen LogP) is 6.18. The summed E-state index contributed by atoms with van der Waals surface area (Å²) >= 11 is 0. The van der Waals surface area contributed by atoms with Gasteiger partial charge in [0.05, 0.1) is 0 Å². The molecule has 3 unspecified atom stereocenters. The van der Waals surface area contributed by atoms with Crippen LogP contribution in [0.1, 0.15) is 98.8 Å². The molecule has 0 aromatic heterocycles. The molecule has 1 saturated carbocycles. The molecule has 0 aromatic rings. The molecule has 0 bridgehead atoms. The highest BCUT2D eigenvalue weighted by Gasteiger charge is 2.35. The van der Waals surface area contributed by atoms with Crippen LogP contribution >= 0.6 is 0 Å². The van der Waals surface area contributed by atoms with E-state index >= 15 is 0 Å². The van der Waals surface area contributed by atoms with Crippen LogP contribution < -0.4 is 5.32 Å². The van der Waals surface area contributed by atoms with E-state index in [4.69, 9.17) is 0 Å². The lowest BCUT2D eigenvalue weighted by atomic mass is 9.66. The van der Waals surface area contributed by atoms with E-state index in [0.29, 0.717) is 5.41 Å². The molecule has 0 spiro atoms. The first-order valence-corrected chi connectivity index (χ1v) is 9.72. The Balaban J connectivity index is 2.44. The molecule has 0 amide bonds. The molecule has 0 radical (unpaired) electrons. The van der Waals surface area contributed by atoms with Gasteiger partial charge in [-0.25, -0.2) is 0 Å². The molecule has 1 nitrogen and oxygen atoms in total. The fourth-order valence-electron chi connectivity index (χ4n) is 3.98. The smallest absolute Gasteiger partial charge is 0.00955 e. The summed E-state index contributed by atoms with van der Waals surface area (Å²) in [5.41, 5.74) is 0.496. The Morgan fingerprint density at radius 1 is 0.905 bits per heavy atom. The average Bonchev–Trinajstić information content (AvgIpc) is 2.44. The quantitative estimate of drug-likeness (QED) is 0.501. The van der Waals surface area contributed by atoms with Gasteiger partial charge in [-0.2, -0.15) is 0 Å². The largest absolute Gasteiger partial charge is 0.314 e. The molecule has 0 aliphatic heterocycles. The minimum atomic E-state index is 0.496. The van der Waals surface area contributed by atoms with Crippen LogP contribution in [0.15, 0.2) is 0 Å². The second-order valence-electron chi connectivity index (χ2n) is 8.40. The van der Waals surface area contributed by atoms with Gasteiger partial charge >= 0.3 is 0 Å². The highest BCUT2D eigenvalue weighted by Crippen LogP contribution is 2.41. The maximum atomic E-state index is 3.85. The van der Waals surface area contributed by atoms with Crippen LogP contribution in [-0.2, 0) is 0 Å². The molecule has 1 rings (SSSR count). The molecular weight excluding hydrogens is 254 g/mol. The zero-order chi connectivity index (χ0) is 15.7. The van der Waals surface area contributed by atoms with Gasteiger partial charge in [-0.1, -0.05) is 66.7 Å². The van der Waals surface area contributed by atoms with Gasteiger partial charge in [-0.05, 0) is 55.9 Å². The van der Waals surface area contributed by atoms with Gasteiger partial charge in [-0.15, -0.1) is 0 Å². The third-order valence-electron chi connectivity index (χ3n) is 5.54. The topological polar surface area (TPSA) is 12.0 Å². The lowest BCUT2D eigenvalue weighted by molar-refractivity contribution is 0.108. The molecule has 1 aliphatic carbocycles. The Hall–Kier alpha value is -0.0400. The second kappa shape index (κ2) is 9.87. The van der Waals surface area contributed by atoms with Crippen molar-refractivity contribution in [3.8, 4) is 0 Å². The van der Waals surface area contributed by atoms with E-state index in [9.17, 15) is 0 Å². The Labute approximate surface area is 134 Å². The van der Waals surface area contributed by atoms with Crippen molar-refractivity contribution >= 4 is 0 Å². The molecular formula is C20H41N. The van der Waals surface area contributed by atoms with Gasteiger partial charge in [0, 0.05) is 6.04 Å². The van der Waals surface area contributed by atoms with Crippen molar-refractivity contribution in [1.82, 2.24) is 5.32 Å². The molecule has 126 valence electrons. The lowest BCUT2D eigenvalue weighted by Crippen LogP contribution is -2.43. The number of hydrogen-bond donors (Lipinski definition) is 1. The summed E-state index contributed by atoms with van der Waals surface area (Å²) in [6.45, 7) is 13.1. The zero-order valence-electron chi connectivity index (χ0n) is 15.5. The van der Waals surface area contributed by atoms with Crippen LogP contribution in [0.3, 0.4) is 0 Å². The minimum Gasteiger partial charge on any atom is -0.314 e. The molecule has 0 aromatic carbocycles.